The van der Waals surface area contributed by atoms with Crippen molar-refractivity contribution in [2.45, 2.75) is 9.79 Å². The van der Waals surface area contributed by atoms with Gasteiger partial charge in [0.1, 0.15) is 0 Å². The summed E-state index contributed by atoms with van der Waals surface area (Å²) in [6.45, 7) is 0. The Morgan fingerprint density at radius 1 is 0.583 bits per heavy atom. The molecule has 2 aromatic carbocycles. The van der Waals surface area contributed by atoms with Gasteiger partial charge in [0.05, 0.1) is 9.79 Å². The van der Waals surface area contributed by atoms with Gasteiger partial charge in [0.25, 0.3) is 18.1 Å². The second-order valence-corrected chi connectivity index (χ2v) is 10.1. The maximum atomic E-state index is 12.6. The van der Waals surface area contributed by atoms with Crippen LogP contribution in [-0.2, 0) is 18.1 Å². The summed E-state index contributed by atoms with van der Waals surface area (Å²) in [5, 5.41) is 0. The van der Waals surface area contributed by atoms with E-state index in [9.17, 15) is 26.4 Å². The summed E-state index contributed by atoms with van der Waals surface area (Å²) in [5.41, 5.74) is -0.312. The molecule has 0 radical (unpaired) electrons. The van der Waals surface area contributed by atoms with E-state index in [0.717, 1.165) is 24.3 Å². The van der Waals surface area contributed by atoms with Crippen LogP contribution in [0, 0.1) is 0 Å². The van der Waals surface area contributed by atoms with E-state index in [1.807, 2.05) is 0 Å². The highest BCUT2D eigenvalue weighted by Gasteiger charge is 2.32. The molecule has 2 aromatic rings. The topological polar surface area (TPSA) is 102 Å². The first-order valence-corrected chi connectivity index (χ1v) is 10.9. The van der Waals surface area contributed by atoms with Gasteiger partial charge < -0.3 is 0 Å². The average molecular weight is 405 g/mol. The summed E-state index contributed by atoms with van der Waals surface area (Å²) in [4.78, 5) is 24.4. The van der Waals surface area contributed by atoms with E-state index in [1.54, 1.807) is 0 Å². The number of benzene rings is 2. The molecular weight excluding hydrogens is 399 g/mol. The Hall–Kier alpha value is -1.74. The lowest BCUT2D eigenvalue weighted by molar-refractivity contribution is 0.0978. The van der Waals surface area contributed by atoms with Crippen LogP contribution in [0.25, 0.3) is 0 Å². The summed E-state index contributed by atoms with van der Waals surface area (Å²) in [6, 6.07) is 6.61. The molecule has 1 aliphatic rings. The van der Waals surface area contributed by atoms with Gasteiger partial charge in [-0.25, -0.2) is 16.8 Å². The van der Waals surface area contributed by atoms with E-state index in [-0.39, 0.29) is 32.0 Å². The Morgan fingerprint density at radius 3 is 1.25 bits per heavy atom. The third kappa shape index (κ3) is 2.75. The summed E-state index contributed by atoms with van der Waals surface area (Å²) < 4.78 is 45.6. The van der Waals surface area contributed by atoms with E-state index in [1.165, 1.54) is 12.1 Å². The summed E-state index contributed by atoms with van der Waals surface area (Å²) in [6.07, 6.45) is 0. The molecule has 0 saturated heterocycles. The Morgan fingerprint density at radius 2 is 0.917 bits per heavy atom. The highest BCUT2D eigenvalue weighted by Crippen LogP contribution is 2.31. The molecule has 1 aliphatic carbocycles. The first-order chi connectivity index (χ1) is 11.0. The van der Waals surface area contributed by atoms with Gasteiger partial charge in [-0.15, -0.1) is 0 Å². The summed E-state index contributed by atoms with van der Waals surface area (Å²) >= 11 is 0. The number of fused-ring (bicyclic) bond motifs is 2. The van der Waals surface area contributed by atoms with Crippen LogP contribution in [0.2, 0.25) is 0 Å². The zero-order valence-electron chi connectivity index (χ0n) is 11.5. The van der Waals surface area contributed by atoms with Crippen LogP contribution in [0.1, 0.15) is 31.8 Å². The SMILES string of the molecule is O=C1c2ccc(S(=O)(=O)Cl)cc2C(=O)c2cc(S(=O)(=O)Cl)ccc21. The molecule has 0 fully saturated rings. The maximum absolute atomic E-state index is 12.6. The second kappa shape index (κ2) is 5.38. The molecular formula is C14H6Cl2O6S2. The highest BCUT2D eigenvalue weighted by atomic mass is 35.7. The smallest absolute Gasteiger partial charge is 0.261 e. The Labute approximate surface area is 145 Å². The fourth-order valence-corrected chi connectivity index (χ4v) is 3.97. The highest BCUT2D eigenvalue weighted by molar-refractivity contribution is 8.14. The van der Waals surface area contributed by atoms with Crippen molar-refractivity contribution in [3.8, 4) is 0 Å². The van der Waals surface area contributed by atoms with Crippen LogP contribution < -0.4 is 0 Å². The van der Waals surface area contributed by atoms with Gasteiger partial charge in [0, 0.05) is 43.6 Å². The third-order valence-electron chi connectivity index (χ3n) is 3.52. The number of halogens is 2. The number of carbonyl (C=O) groups is 2. The van der Waals surface area contributed by atoms with Crippen molar-refractivity contribution < 1.29 is 26.4 Å². The van der Waals surface area contributed by atoms with Gasteiger partial charge in [0.15, 0.2) is 11.6 Å². The fourth-order valence-electron chi connectivity index (χ4n) is 2.41. The third-order valence-corrected chi connectivity index (χ3v) is 6.23. The lowest BCUT2D eigenvalue weighted by Gasteiger charge is -2.18. The van der Waals surface area contributed by atoms with Crippen molar-refractivity contribution in [3.05, 3.63) is 58.7 Å². The van der Waals surface area contributed by atoms with Crippen molar-refractivity contribution >= 4 is 51.0 Å². The molecule has 6 nitrogen and oxygen atoms in total. The molecule has 0 heterocycles. The summed E-state index contributed by atoms with van der Waals surface area (Å²) in [5.74, 6) is -1.22. The molecule has 3 rings (SSSR count). The van der Waals surface area contributed by atoms with Gasteiger partial charge >= 0.3 is 0 Å². The van der Waals surface area contributed by atoms with Crippen LogP contribution in [0.5, 0.6) is 0 Å². The number of hydrogen-bond acceptors (Lipinski definition) is 6. The Bertz CT molecular complexity index is 1050. The average Bonchev–Trinajstić information content (AvgIpc) is 2.49. The zero-order valence-corrected chi connectivity index (χ0v) is 14.6. The molecule has 0 aromatic heterocycles. The van der Waals surface area contributed by atoms with Gasteiger partial charge in [0.2, 0.25) is 0 Å². The molecule has 10 heteroatoms. The van der Waals surface area contributed by atoms with E-state index >= 15 is 0 Å². The van der Waals surface area contributed by atoms with Gasteiger partial charge in [-0.1, -0.05) is 0 Å². The number of ketones is 2. The molecule has 0 bridgehead atoms. The van der Waals surface area contributed by atoms with Crippen LogP contribution in [0.15, 0.2) is 46.2 Å². The lowest BCUT2D eigenvalue weighted by atomic mass is 9.84. The monoisotopic (exact) mass is 404 g/mol. The molecule has 124 valence electrons. The van der Waals surface area contributed by atoms with Crippen molar-refractivity contribution in [2.75, 3.05) is 0 Å². The molecule has 0 saturated carbocycles. The number of rotatable bonds is 2. The molecule has 0 unspecified atom stereocenters. The normalized spacial score (nSPS) is 14.2. The fraction of sp³-hybridized carbons (Fsp3) is 0. The first kappa shape index (κ1) is 17.1. The van der Waals surface area contributed by atoms with Crippen molar-refractivity contribution in [2.24, 2.45) is 0 Å². The molecule has 0 amide bonds. The molecule has 0 N–H and O–H groups in total. The zero-order chi connectivity index (χ0) is 17.9. The minimum Gasteiger partial charge on any atom is -0.289 e. The predicted octanol–water partition coefficient (Wildman–Crippen LogP) is 2.32. The summed E-state index contributed by atoms with van der Waals surface area (Å²) in [7, 11) is 2.31. The molecule has 0 aliphatic heterocycles. The molecule has 0 atom stereocenters. The largest absolute Gasteiger partial charge is 0.289 e. The predicted molar refractivity (Wildman–Crippen MR) is 85.8 cm³/mol. The van der Waals surface area contributed by atoms with Crippen molar-refractivity contribution in [1.82, 2.24) is 0 Å². The molecule has 0 spiro atoms. The standard InChI is InChI=1S/C14H6Cl2O6S2/c15-23(19,20)7-1-3-9-11(5-7)14(18)12-6-8(24(16,21)22)2-4-10(12)13(9)17/h1-6H. The van der Waals surface area contributed by atoms with Gasteiger partial charge in [-0.05, 0) is 36.4 Å². The van der Waals surface area contributed by atoms with E-state index in [4.69, 9.17) is 21.4 Å². The van der Waals surface area contributed by atoms with Gasteiger partial charge in [-0.3, -0.25) is 9.59 Å². The van der Waals surface area contributed by atoms with E-state index in [2.05, 4.69) is 0 Å². The number of carbonyl (C=O) groups excluding carboxylic acids is 2. The quantitative estimate of drug-likeness (QED) is 0.607. The van der Waals surface area contributed by atoms with Crippen molar-refractivity contribution in [1.29, 1.82) is 0 Å². The minimum atomic E-state index is -4.09. The van der Waals surface area contributed by atoms with Crippen LogP contribution >= 0.6 is 21.4 Å². The van der Waals surface area contributed by atoms with Crippen LogP contribution in [0.3, 0.4) is 0 Å². The van der Waals surface area contributed by atoms with E-state index in [0.29, 0.717) is 0 Å². The number of hydrogen-bond donors (Lipinski definition) is 0. The molecule has 24 heavy (non-hydrogen) atoms. The van der Waals surface area contributed by atoms with Crippen LogP contribution in [0.4, 0.5) is 0 Å². The maximum Gasteiger partial charge on any atom is 0.261 e. The minimum absolute atomic E-state index is 0.0121. The Balaban J connectivity index is 2.27. The second-order valence-electron chi connectivity index (χ2n) is 4.95. The van der Waals surface area contributed by atoms with Crippen LogP contribution in [-0.4, -0.2) is 28.4 Å². The van der Waals surface area contributed by atoms with E-state index < -0.39 is 29.7 Å². The lowest BCUT2D eigenvalue weighted by Crippen LogP contribution is -2.21. The van der Waals surface area contributed by atoms with Crippen molar-refractivity contribution in [3.63, 3.8) is 0 Å². The Kier molecular flexibility index (Phi) is 3.83. The first-order valence-electron chi connectivity index (χ1n) is 6.27. The van der Waals surface area contributed by atoms with Gasteiger partial charge in [-0.2, -0.15) is 0 Å².